The largest absolute Gasteiger partial charge is 0.325 e. The molecule has 10 heteroatoms. The van der Waals surface area contributed by atoms with Crippen LogP contribution in [-0.4, -0.2) is 27.8 Å². The minimum atomic E-state index is -0.282. The molecular weight excluding hydrogens is 472 g/mol. The minimum absolute atomic E-state index is 0.170. The molecule has 3 rings (SSSR count). The van der Waals surface area contributed by atoms with Crippen molar-refractivity contribution in [3.05, 3.63) is 63.6 Å². The van der Waals surface area contributed by atoms with Gasteiger partial charge in [-0.1, -0.05) is 46.8 Å². The molecular formula is C17H12BrClN4O2S2. The van der Waals surface area contributed by atoms with E-state index in [9.17, 15) is 9.59 Å². The molecule has 0 fully saturated rings. The van der Waals surface area contributed by atoms with E-state index in [-0.39, 0.29) is 17.6 Å². The van der Waals surface area contributed by atoms with Crippen LogP contribution >= 0.6 is 50.6 Å². The molecule has 0 aliphatic heterocycles. The van der Waals surface area contributed by atoms with Gasteiger partial charge in [0.2, 0.25) is 11.0 Å². The second kappa shape index (κ2) is 9.32. The van der Waals surface area contributed by atoms with Crippen molar-refractivity contribution in [1.29, 1.82) is 0 Å². The van der Waals surface area contributed by atoms with Crippen LogP contribution in [0.4, 0.5) is 10.8 Å². The predicted octanol–water partition coefficient (Wildman–Crippen LogP) is 4.94. The molecule has 0 radical (unpaired) electrons. The van der Waals surface area contributed by atoms with Crippen molar-refractivity contribution in [3.63, 3.8) is 0 Å². The van der Waals surface area contributed by atoms with E-state index in [0.717, 1.165) is 0 Å². The maximum atomic E-state index is 12.3. The van der Waals surface area contributed by atoms with E-state index in [2.05, 4.69) is 36.8 Å². The topological polar surface area (TPSA) is 84.0 Å². The normalized spacial score (nSPS) is 10.4. The fourth-order valence-electron chi connectivity index (χ4n) is 1.99. The van der Waals surface area contributed by atoms with Crippen LogP contribution in [0.2, 0.25) is 5.02 Å². The molecule has 0 unspecified atom stereocenters. The van der Waals surface area contributed by atoms with Gasteiger partial charge in [0.1, 0.15) is 0 Å². The lowest BCUT2D eigenvalue weighted by molar-refractivity contribution is -0.113. The Kier molecular flexibility index (Phi) is 6.84. The minimum Gasteiger partial charge on any atom is -0.325 e. The number of nitrogens with zero attached hydrogens (tertiary/aromatic N) is 2. The highest BCUT2D eigenvalue weighted by molar-refractivity contribution is 9.10. The summed E-state index contributed by atoms with van der Waals surface area (Å²) in [6.07, 6.45) is 0. The highest BCUT2D eigenvalue weighted by Gasteiger charge is 2.13. The number of carbonyl (C=O) groups is 2. The molecule has 0 saturated heterocycles. The average molecular weight is 484 g/mol. The summed E-state index contributed by atoms with van der Waals surface area (Å²) in [5.41, 5.74) is 1.17. The Morgan fingerprint density at radius 2 is 1.81 bits per heavy atom. The Hall–Kier alpha value is -1.94. The summed E-state index contributed by atoms with van der Waals surface area (Å²) in [5.74, 6) is -0.276. The number of benzene rings is 2. The predicted molar refractivity (Wildman–Crippen MR) is 113 cm³/mol. The van der Waals surface area contributed by atoms with Gasteiger partial charge >= 0.3 is 0 Å². The number of halogens is 2. The van der Waals surface area contributed by atoms with Gasteiger partial charge in [0.25, 0.3) is 5.91 Å². The molecule has 6 nitrogen and oxygen atoms in total. The molecule has 1 heterocycles. The van der Waals surface area contributed by atoms with Crippen LogP contribution in [-0.2, 0) is 4.79 Å². The molecule has 0 spiro atoms. The Morgan fingerprint density at radius 3 is 2.56 bits per heavy atom. The lowest BCUT2D eigenvalue weighted by Gasteiger charge is -2.04. The number of nitrogens with one attached hydrogen (secondary N) is 2. The quantitative estimate of drug-likeness (QED) is 0.383. The maximum Gasteiger partial charge on any atom is 0.258 e. The first-order valence-corrected chi connectivity index (χ1v) is 10.6. The molecule has 2 N–H and O–H groups in total. The Labute approximate surface area is 176 Å². The second-order valence-electron chi connectivity index (χ2n) is 5.15. The van der Waals surface area contributed by atoms with Gasteiger partial charge in [-0.25, -0.2) is 0 Å². The standard InChI is InChI=1S/C17H12BrClN4O2S2/c18-13-4-2-1-3-12(13)15(25)21-16-22-23-17(27-16)26-9-14(24)20-11-7-5-10(19)6-8-11/h1-8H,9H2,(H,20,24)(H,21,22,25). The zero-order valence-electron chi connectivity index (χ0n) is 13.6. The third-order valence-electron chi connectivity index (χ3n) is 3.20. The monoisotopic (exact) mass is 482 g/mol. The first-order valence-electron chi connectivity index (χ1n) is 7.59. The molecule has 0 bridgehead atoms. The van der Waals surface area contributed by atoms with Gasteiger partial charge in [-0.2, -0.15) is 0 Å². The summed E-state index contributed by atoms with van der Waals surface area (Å²) in [5, 5.41) is 14.4. The van der Waals surface area contributed by atoms with Crippen molar-refractivity contribution < 1.29 is 9.59 Å². The first-order chi connectivity index (χ1) is 13.0. The Balaban J connectivity index is 1.52. The number of anilines is 2. The number of hydrogen-bond donors (Lipinski definition) is 2. The van der Waals surface area contributed by atoms with Crippen molar-refractivity contribution in [1.82, 2.24) is 10.2 Å². The number of thioether (sulfide) groups is 1. The molecule has 27 heavy (non-hydrogen) atoms. The van der Waals surface area contributed by atoms with Crippen molar-refractivity contribution in [2.45, 2.75) is 4.34 Å². The number of aromatic nitrogens is 2. The number of carbonyl (C=O) groups excluding carboxylic acids is 2. The SMILES string of the molecule is O=C(CSc1nnc(NC(=O)c2ccccc2Br)s1)Nc1ccc(Cl)cc1. The fraction of sp³-hybridized carbons (Fsp3) is 0.0588. The summed E-state index contributed by atoms with van der Waals surface area (Å²) < 4.78 is 1.28. The van der Waals surface area contributed by atoms with Crippen LogP contribution < -0.4 is 10.6 Å². The van der Waals surface area contributed by atoms with Gasteiger partial charge in [-0.05, 0) is 52.3 Å². The number of hydrogen-bond acceptors (Lipinski definition) is 6. The van der Waals surface area contributed by atoms with Crippen LogP contribution in [0.15, 0.2) is 57.3 Å². The molecule has 0 aliphatic carbocycles. The van der Waals surface area contributed by atoms with Crippen molar-refractivity contribution in [2.75, 3.05) is 16.4 Å². The van der Waals surface area contributed by atoms with Crippen LogP contribution in [0.1, 0.15) is 10.4 Å². The van der Waals surface area contributed by atoms with Gasteiger partial charge in [0.15, 0.2) is 4.34 Å². The van der Waals surface area contributed by atoms with E-state index in [4.69, 9.17) is 11.6 Å². The molecule has 3 aromatic rings. The zero-order chi connectivity index (χ0) is 19.2. The van der Waals surface area contributed by atoms with E-state index in [1.54, 1.807) is 42.5 Å². The van der Waals surface area contributed by atoms with Crippen LogP contribution in [0.25, 0.3) is 0 Å². The van der Waals surface area contributed by atoms with E-state index in [1.165, 1.54) is 23.1 Å². The Bertz CT molecular complexity index is 966. The van der Waals surface area contributed by atoms with E-state index < -0.39 is 0 Å². The third-order valence-corrected chi connectivity index (χ3v) is 6.12. The molecule has 2 amide bonds. The van der Waals surface area contributed by atoms with E-state index in [0.29, 0.717) is 30.2 Å². The van der Waals surface area contributed by atoms with Crippen molar-refractivity contribution in [3.8, 4) is 0 Å². The maximum absolute atomic E-state index is 12.3. The van der Waals surface area contributed by atoms with Crippen molar-refractivity contribution >= 4 is 73.3 Å². The van der Waals surface area contributed by atoms with Crippen LogP contribution in [0.5, 0.6) is 0 Å². The average Bonchev–Trinajstić information content (AvgIpc) is 3.09. The Morgan fingerprint density at radius 1 is 1.07 bits per heavy atom. The summed E-state index contributed by atoms with van der Waals surface area (Å²) in [7, 11) is 0. The molecule has 1 aromatic heterocycles. The number of amides is 2. The van der Waals surface area contributed by atoms with Crippen molar-refractivity contribution in [2.24, 2.45) is 0 Å². The lowest BCUT2D eigenvalue weighted by Crippen LogP contribution is -2.13. The smallest absolute Gasteiger partial charge is 0.258 e. The van der Waals surface area contributed by atoms with Gasteiger partial charge in [0, 0.05) is 15.2 Å². The second-order valence-corrected chi connectivity index (χ2v) is 8.64. The zero-order valence-corrected chi connectivity index (χ0v) is 17.6. The first kappa shape index (κ1) is 19.8. The molecule has 0 aliphatic rings. The number of rotatable bonds is 6. The fourth-order valence-corrected chi connectivity index (χ4v) is 4.12. The summed E-state index contributed by atoms with van der Waals surface area (Å²) in [6.45, 7) is 0. The molecule has 0 saturated carbocycles. The molecule has 138 valence electrons. The third kappa shape index (κ3) is 5.77. The van der Waals surface area contributed by atoms with Gasteiger partial charge < -0.3 is 5.32 Å². The van der Waals surface area contributed by atoms with E-state index in [1.807, 2.05) is 6.07 Å². The van der Waals surface area contributed by atoms with Crippen LogP contribution in [0.3, 0.4) is 0 Å². The highest BCUT2D eigenvalue weighted by Crippen LogP contribution is 2.26. The van der Waals surface area contributed by atoms with Gasteiger partial charge in [-0.15, -0.1) is 10.2 Å². The van der Waals surface area contributed by atoms with Gasteiger partial charge in [0.05, 0.1) is 11.3 Å². The van der Waals surface area contributed by atoms with Gasteiger partial charge in [-0.3, -0.25) is 14.9 Å². The van der Waals surface area contributed by atoms with E-state index >= 15 is 0 Å². The summed E-state index contributed by atoms with van der Waals surface area (Å²) in [4.78, 5) is 24.2. The van der Waals surface area contributed by atoms with Crippen LogP contribution in [0, 0.1) is 0 Å². The lowest BCUT2D eigenvalue weighted by atomic mass is 10.2. The summed E-state index contributed by atoms with van der Waals surface area (Å²) >= 11 is 11.6. The summed E-state index contributed by atoms with van der Waals surface area (Å²) in [6, 6.07) is 14.0. The molecule has 2 aromatic carbocycles. The molecule has 0 atom stereocenters. The highest BCUT2D eigenvalue weighted by atomic mass is 79.9.